The van der Waals surface area contributed by atoms with Gasteiger partial charge < -0.3 is 0 Å². The Morgan fingerprint density at radius 2 is 1.76 bits per heavy atom. The average Bonchev–Trinajstić information content (AvgIpc) is 3.14. The molecule has 0 fully saturated rings. The fraction of sp³-hybridized carbons (Fsp3) is 0.143. The Labute approximate surface area is 194 Å². The highest BCUT2D eigenvalue weighted by molar-refractivity contribution is 7.07. The molecule has 1 atom stereocenters. The highest BCUT2D eigenvalue weighted by atomic mass is 32.1. The van der Waals surface area contributed by atoms with Crippen LogP contribution in [0.25, 0.3) is 11.8 Å². The van der Waals surface area contributed by atoms with E-state index in [1.807, 2.05) is 10.6 Å². The number of aryl methyl sites for hydroxylation is 2. The Bertz CT molecular complexity index is 1590. The number of thiazole rings is 1. The first-order valence-corrected chi connectivity index (χ1v) is 11.9. The van der Waals surface area contributed by atoms with Crippen molar-refractivity contribution in [1.82, 2.24) is 4.57 Å². The molecule has 33 heavy (non-hydrogen) atoms. The van der Waals surface area contributed by atoms with Crippen LogP contribution in [-0.2, 0) is 6.42 Å². The van der Waals surface area contributed by atoms with E-state index in [-0.39, 0.29) is 17.4 Å². The summed E-state index contributed by atoms with van der Waals surface area (Å²) in [6, 6.07) is 22.9. The molecule has 1 unspecified atom stereocenters. The lowest BCUT2D eigenvalue weighted by Gasteiger charge is -2.30. The molecule has 6 rings (SSSR count). The van der Waals surface area contributed by atoms with Gasteiger partial charge in [0.25, 0.3) is 5.56 Å². The van der Waals surface area contributed by atoms with Gasteiger partial charge in [0.15, 0.2) is 4.80 Å². The normalized spacial score (nSPS) is 17.3. The van der Waals surface area contributed by atoms with Crippen LogP contribution in [0, 0.1) is 12.7 Å². The van der Waals surface area contributed by atoms with Crippen LogP contribution in [0.4, 0.5) is 4.39 Å². The van der Waals surface area contributed by atoms with Gasteiger partial charge >= 0.3 is 0 Å². The largest absolute Gasteiger partial charge is 0.272 e. The molecule has 162 valence electrons. The summed E-state index contributed by atoms with van der Waals surface area (Å²) < 4.78 is 15.8. The van der Waals surface area contributed by atoms with Crippen molar-refractivity contribution in [2.45, 2.75) is 25.8 Å². The van der Waals surface area contributed by atoms with Crippen LogP contribution in [0.5, 0.6) is 0 Å². The third-order valence-corrected chi connectivity index (χ3v) is 7.42. The van der Waals surface area contributed by atoms with Crippen molar-refractivity contribution in [2.24, 2.45) is 4.99 Å². The van der Waals surface area contributed by atoms with E-state index in [1.54, 1.807) is 12.1 Å². The Morgan fingerprint density at radius 1 is 1.00 bits per heavy atom. The Kier molecular flexibility index (Phi) is 4.73. The zero-order chi connectivity index (χ0) is 22.5. The van der Waals surface area contributed by atoms with Gasteiger partial charge in [-0.2, -0.15) is 0 Å². The number of benzene rings is 3. The minimum atomic E-state index is -0.292. The predicted octanol–water partition coefficient (Wildman–Crippen LogP) is 4.77. The minimum absolute atomic E-state index is 0.0564. The smallest absolute Gasteiger partial charge is 0.271 e. The van der Waals surface area contributed by atoms with Gasteiger partial charge in [-0.1, -0.05) is 77.6 Å². The zero-order valence-electron chi connectivity index (χ0n) is 18.1. The van der Waals surface area contributed by atoms with Gasteiger partial charge in [-0.3, -0.25) is 9.36 Å². The molecule has 1 aliphatic heterocycles. The summed E-state index contributed by atoms with van der Waals surface area (Å²) >= 11 is 1.39. The van der Waals surface area contributed by atoms with Crippen molar-refractivity contribution in [1.29, 1.82) is 0 Å². The van der Waals surface area contributed by atoms with E-state index >= 15 is 0 Å². The summed E-state index contributed by atoms with van der Waals surface area (Å²) in [6.07, 6.45) is 3.63. The minimum Gasteiger partial charge on any atom is -0.272 e. The molecule has 2 aliphatic rings. The molecule has 2 heterocycles. The van der Waals surface area contributed by atoms with Gasteiger partial charge in [0.2, 0.25) is 0 Å². The SMILES string of the molecule is Cc1ccc(C2C3=C(N=c4sc(=Cc5ccc(F)cc5)c(=O)n42)c2ccccc2CC3)cc1. The van der Waals surface area contributed by atoms with E-state index in [0.717, 1.165) is 35.2 Å². The lowest BCUT2D eigenvalue weighted by atomic mass is 9.83. The second-order valence-corrected chi connectivity index (χ2v) is 9.59. The molecule has 5 heteroatoms. The molecule has 1 aliphatic carbocycles. The third kappa shape index (κ3) is 3.40. The number of rotatable bonds is 2. The van der Waals surface area contributed by atoms with Crippen molar-refractivity contribution in [3.8, 4) is 0 Å². The van der Waals surface area contributed by atoms with E-state index < -0.39 is 0 Å². The molecular weight excluding hydrogens is 431 g/mol. The van der Waals surface area contributed by atoms with Crippen LogP contribution >= 0.6 is 11.3 Å². The fourth-order valence-electron chi connectivity index (χ4n) is 4.78. The van der Waals surface area contributed by atoms with Crippen LogP contribution < -0.4 is 14.9 Å². The first-order valence-electron chi connectivity index (χ1n) is 11.0. The van der Waals surface area contributed by atoms with E-state index in [2.05, 4.69) is 55.5 Å². The quantitative estimate of drug-likeness (QED) is 0.432. The van der Waals surface area contributed by atoms with E-state index in [9.17, 15) is 9.18 Å². The molecule has 3 aromatic carbocycles. The molecular formula is C28H21FN2OS. The number of aromatic nitrogens is 1. The van der Waals surface area contributed by atoms with E-state index in [4.69, 9.17) is 4.99 Å². The second kappa shape index (κ2) is 7.78. The van der Waals surface area contributed by atoms with Crippen molar-refractivity contribution < 1.29 is 4.39 Å². The van der Waals surface area contributed by atoms with Gasteiger partial charge in [0.1, 0.15) is 5.82 Å². The topological polar surface area (TPSA) is 34.4 Å². The maximum Gasteiger partial charge on any atom is 0.271 e. The highest BCUT2D eigenvalue weighted by Crippen LogP contribution is 2.41. The summed E-state index contributed by atoms with van der Waals surface area (Å²) in [7, 11) is 0. The summed E-state index contributed by atoms with van der Waals surface area (Å²) in [4.78, 5) is 19.4. The molecule has 0 bridgehead atoms. The number of hydrogen-bond donors (Lipinski definition) is 0. The van der Waals surface area contributed by atoms with Gasteiger partial charge in [-0.05, 0) is 60.2 Å². The molecule has 0 radical (unpaired) electrons. The fourth-order valence-corrected chi connectivity index (χ4v) is 5.78. The summed E-state index contributed by atoms with van der Waals surface area (Å²) in [5.41, 5.74) is 7.67. The lowest BCUT2D eigenvalue weighted by molar-refractivity contribution is 0.585. The second-order valence-electron chi connectivity index (χ2n) is 8.58. The van der Waals surface area contributed by atoms with Gasteiger partial charge in [0, 0.05) is 5.56 Å². The number of hydrogen-bond acceptors (Lipinski definition) is 3. The Balaban J connectivity index is 1.62. The average molecular weight is 453 g/mol. The molecule has 0 spiro atoms. The van der Waals surface area contributed by atoms with Crippen molar-refractivity contribution in [3.63, 3.8) is 0 Å². The van der Waals surface area contributed by atoms with E-state index in [1.165, 1.54) is 40.2 Å². The van der Waals surface area contributed by atoms with Crippen LogP contribution in [0.2, 0.25) is 0 Å². The van der Waals surface area contributed by atoms with Gasteiger partial charge in [-0.15, -0.1) is 0 Å². The molecule has 1 aromatic heterocycles. The standard InChI is InChI=1S/C28H21FN2OS/c1-17-6-10-20(11-7-17)26-23-15-12-19-4-2-3-5-22(19)25(23)30-28-31(26)27(32)24(33-28)16-18-8-13-21(29)14-9-18/h2-11,13-14,16,26H,12,15H2,1H3. The van der Waals surface area contributed by atoms with Crippen LogP contribution in [0.3, 0.4) is 0 Å². The number of nitrogens with zero attached hydrogens (tertiary/aromatic N) is 2. The lowest BCUT2D eigenvalue weighted by Crippen LogP contribution is -2.38. The van der Waals surface area contributed by atoms with E-state index in [0.29, 0.717) is 9.33 Å². The molecule has 0 saturated heterocycles. The van der Waals surface area contributed by atoms with Crippen LogP contribution in [0.1, 0.15) is 40.3 Å². The zero-order valence-corrected chi connectivity index (χ0v) is 18.9. The maximum absolute atomic E-state index is 13.6. The Hall–Kier alpha value is -3.57. The van der Waals surface area contributed by atoms with Gasteiger partial charge in [0.05, 0.1) is 16.3 Å². The maximum atomic E-state index is 13.6. The summed E-state index contributed by atoms with van der Waals surface area (Å²) in [5.74, 6) is -0.292. The first kappa shape index (κ1) is 20.1. The number of fused-ring (bicyclic) bond motifs is 3. The molecule has 4 aromatic rings. The molecule has 0 amide bonds. The van der Waals surface area contributed by atoms with Crippen molar-refractivity contribution >= 4 is 23.1 Å². The predicted molar refractivity (Wildman–Crippen MR) is 130 cm³/mol. The van der Waals surface area contributed by atoms with Crippen LogP contribution in [-0.4, -0.2) is 4.57 Å². The van der Waals surface area contributed by atoms with Crippen LogP contribution in [0.15, 0.2) is 88.2 Å². The summed E-state index contributed by atoms with van der Waals surface area (Å²) in [6.45, 7) is 2.07. The molecule has 0 saturated carbocycles. The first-order chi connectivity index (χ1) is 16.1. The summed E-state index contributed by atoms with van der Waals surface area (Å²) in [5, 5.41) is 0. The number of halogens is 1. The van der Waals surface area contributed by atoms with Crippen molar-refractivity contribution in [3.05, 3.63) is 132 Å². The van der Waals surface area contributed by atoms with Crippen molar-refractivity contribution in [2.75, 3.05) is 0 Å². The highest BCUT2D eigenvalue weighted by Gasteiger charge is 2.32. The number of allylic oxidation sites excluding steroid dienone is 1. The molecule has 0 N–H and O–H groups in total. The van der Waals surface area contributed by atoms with Gasteiger partial charge in [-0.25, -0.2) is 9.38 Å². The molecule has 3 nitrogen and oxygen atoms in total. The monoisotopic (exact) mass is 452 g/mol. The third-order valence-electron chi connectivity index (χ3n) is 6.43. The Morgan fingerprint density at radius 3 is 2.55 bits per heavy atom.